The lowest BCUT2D eigenvalue weighted by Gasteiger charge is -2.22. The standard InChI is InChI=1S/C20H22N6O3S/c1-15-3-9-18(10-4-15)30(28,29)26-12-2-11-25(13-14-26)20(27)17-7-5-16(6-8-17)19-21-23-24-22-19/h3-10H,2,11-14H2,1H3,(H,21,22,23,24). The Kier molecular flexibility index (Phi) is 5.60. The van der Waals surface area contributed by atoms with Crippen LogP contribution in [0.4, 0.5) is 0 Å². The van der Waals surface area contributed by atoms with Crippen molar-refractivity contribution in [3.05, 3.63) is 59.7 Å². The zero-order chi connectivity index (χ0) is 21.1. The Morgan fingerprint density at radius 2 is 1.70 bits per heavy atom. The molecule has 9 nitrogen and oxygen atoms in total. The molecule has 1 aliphatic heterocycles. The second-order valence-electron chi connectivity index (χ2n) is 7.18. The zero-order valence-electron chi connectivity index (χ0n) is 16.5. The molecule has 0 atom stereocenters. The summed E-state index contributed by atoms with van der Waals surface area (Å²) in [6.45, 7) is 3.42. The number of rotatable bonds is 4. The lowest BCUT2D eigenvalue weighted by molar-refractivity contribution is 0.0764. The average molecular weight is 427 g/mol. The average Bonchev–Trinajstić information content (AvgIpc) is 3.17. The van der Waals surface area contributed by atoms with Crippen molar-refractivity contribution >= 4 is 15.9 Å². The Morgan fingerprint density at radius 3 is 2.37 bits per heavy atom. The van der Waals surface area contributed by atoms with E-state index in [1.54, 1.807) is 53.4 Å². The molecule has 1 aliphatic rings. The monoisotopic (exact) mass is 426 g/mol. The van der Waals surface area contributed by atoms with E-state index in [1.165, 1.54) is 4.31 Å². The summed E-state index contributed by atoms with van der Waals surface area (Å²) in [6.07, 6.45) is 0.581. The predicted octanol–water partition coefficient (Wildman–Crippen LogP) is 1.71. The van der Waals surface area contributed by atoms with Crippen LogP contribution in [0.1, 0.15) is 22.3 Å². The minimum absolute atomic E-state index is 0.121. The lowest BCUT2D eigenvalue weighted by Crippen LogP contribution is -2.37. The summed E-state index contributed by atoms with van der Waals surface area (Å²) in [6, 6.07) is 13.8. The molecule has 0 saturated carbocycles. The molecular formula is C20H22N6O3S. The van der Waals surface area contributed by atoms with Crippen LogP contribution in [0, 0.1) is 6.92 Å². The van der Waals surface area contributed by atoms with Crippen molar-refractivity contribution in [2.45, 2.75) is 18.2 Å². The molecule has 0 bridgehead atoms. The molecule has 1 fully saturated rings. The number of aromatic nitrogens is 4. The molecule has 0 radical (unpaired) electrons. The van der Waals surface area contributed by atoms with Gasteiger partial charge in [-0.25, -0.2) is 8.42 Å². The van der Waals surface area contributed by atoms with Gasteiger partial charge in [0.25, 0.3) is 5.91 Å². The Morgan fingerprint density at radius 1 is 0.967 bits per heavy atom. The molecular weight excluding hydrogens is 404 g/mol. The Labute approximate surface area is 174 Å². The third kappa shape index (κ3) is 4.10. The minimum Gasteiger partial charge on any atom is -0.337 e. The molecule has 3 aromatic rings. The Hall–Kier alpha value is -3.11. The molecule has 30 heavy (non-hydrogen) atoms. The number of aryl methyl sites for hydroxylation is 1. The largest absolute Gasteiger partial charge is 0.337 e. The maximum absolute atomic E-state index is 13.0. The van der Waals surface area contributed by atoms with Crippen molar-refractivity contribution in [1.82, 2.24) is 29.8 Å². The highest BCUT2D eigenvalue weighted by molar-refractivity contribution is 7.89. The van der Waals surface area contributed by atoms with Gasteiger partial charge in [-0.1, -0.05) is 29.8 Å². The fourth-order valence-electron chi connectivity index (χ4n) is 3.43. The van der Waals surface area contributed by atoms with Crippen LogP contribution in [0.2, 0.25) is 0 Å². The first-order chi connectivity index (χ1) is 14.4. The Balaban J connectivity index is 1.45. The number of H-pyrrole nitrogens is 1. The van der Waals surface area contributed by atoms with Gasteiger partial charge in [0.2, 0.25) is 15.8 Å². The summed E-state index contributed by atoms with van der Waals surface area (Å²) in [5.74, 6) is 0.338. The van der Waals surface area contributed by atoms with Gasteiger partial charge in [-0.15, -0.1) is 10.2 Å². The summed E-state index contributed by atoms with van der Waals surface area (Å²) in [5.41, 5.74) is 2.30. The highest BCUT2D eigenvalue weighted by Crippen LogP contribution is 2.20. The SMILES string of the molecule is Cc1ccc(S(=O)(=O)N2CCCN(C(=O)c3ccc(-c4nn[nH]n4)cc3)CC2)cc1. The Bertz CT molecular complexity index is 1110. The van der Waals surface area contributed by atoms with Crippen LogP contribution in [0.3, 0.4) is 0 Å². The van der Waals surface area contributed by atoms with Crippen molar-refractivity contribution < 1.29 is 13.2 Å². The van der Waals surface area contributed by atoms with Crippen LogP contribution in [0.25, 0.3) is 11.4 Å². The van der Waals surface area contributed by atoms with Crippen molar-refractivity contribution in [3.63, 3.8) is 0 Å². The van der Waals surface area contributed by atoms with Crippen molar-refractivity contribution in [2.24, 2.45) is 0 Å². The second-order valence-corrected chi connectivity index (χ2v) is 9.11. The molecule has 1 aromatic heterocycles. The summed E-state index contributed by atoms with van der Waals surface area (Å²) < 4.78 is 27.4. The van der Waals surface area contributed by atoms with E-state index in [9.17, 15) is 13.2 Å². The van der Waals surface area contributed by atoms with Crippen molar-refractivity contribution in [2.75, 3.05) is 26.2 Å². The number of carbonyl (C=O) groups is 1. The third-order valence-corrected chi connectivity index (χ3v) is 7.05. The molecule has 10 heteroatoms. The number of benzene rings is 2. The molecule has 2 aromatic carbocycles. The van der Waals surface area contributed by atoms with Gasteiger partial charge >= 0.3 is 0 Å². The van der Waals surface area contributed by atoms with E-state index in [-0.39, 0.29) is 17.3 Å². The van der Waals surface area contributed by atoms with Crippen LogP contribution in [0.5, 0.6) is 0 Å². The fourth-order valence-corrected chi connectivity index (χ4v) is 4.89. The van der Waals surface area contributed by atoms with Gasteiger partial charge in [0.05, 0.1) is 4.90 Å². The molecule has 1 saturated heterocycles. The number of nitrogens with zero attached hydrogens (tertiary/aromatic N) is 5. The summed E-state index contributed by atoms with van der Waals surface area (Å²) in [4.78, 5) is 14.9. The van der Waals surface area contributed by atoms with Gasteiger partial charge in [-0.2, -0.15) is 9.52 Å². The van der Waals surface area contributed by atoms with Crippen molar-refractivity contribution in [3.8, 4) is 11.4 Å². The number of hydrogen-bond acceptors (Lipinski definition) is 6. The van der Waals surface area contributed by atoms with Gasteiger partial charge in [-0.3, -0.25) is 4.79 Å². The first-order valence-corrected chi connectivity index (χ1v) is 11.1. The minimum atomic E-state index is -3.57. The van der Waals surface area contributed by atoms with E-state index in [1.807, 2.05) is 6.92 Å². The summed E-state index contributed by atoms with van der Waals surface area (Å²) in [5, 5.41) is 13.8. The quantitative estimate of drug-likeness (QED) is 0.680. The number of carbonyl (C=O) groups excluding carboxylic acids is 1. The number of amides is 1. The number of sulfonamides is 1. The van der Waals surface area contributed by atoms with Gasteiger partial charge in [0, 0.05) is 37.3 Å². The van der Waals surface area contributed by atoms with Gasteiger partial charge < -0.3 is 4.90 Å². The first-order valence-electron chi connectivity index (χ1n) is 9.65. The third-order valence-electron chi connectivity index (χ3n) is 5.14. The molecule has 4 rings (SSSR count). The van der Waals surface area contributed by atoms with Crippen LogP contribution >= 0.6 is 0 Å². The number of nitrogens with one attached hydrogen (secondary N) is 1. The first kappa shape index (κ1) is 20.2. The van der Waals surface area contributed by atoms with E-state index in [2.05, 4.69) is 20.6 Å². The van der Waals surface area contributed by atoms with Crippen molar-refractivity contribution in [1.29, 1.82) is 0 Å². The summed E-state index contributed by atoms with van der Waals surface area (Å²) in [7, 11) is -3.57. The van der Waals surface area contributed by atoms with E-state index < -0.39 is 10.0 Å². The van der Waals surface area contributed by atoms with Crippen LogP contribution in [-0.2, 0) is 10.0 Å². The lowest BCUT2D eigenvalue weighted by atomic mass is 10.1. The predicted molar refractivity (Wildman–Crippen MR) is 110 cm³/mol. The molecule has 0 aliphatic carbocycles. The highest BCUT2D eigenvalue weighted by Gasteiger charge is 2.28. The van der Waals surface area contributed by atoms with E-state index in [0.29, 0.717) is 37.4 Å². The molecule has 2 heterocycles. The fraction of sp³-hybridized carbons (Fsp3) is 0.300. The topological polar surface area (TPSA) is 112 Å². The zero-order valence-corrected chi connectivity index (χ0v) is 17.3. The molecule has 0 unspecified atom stereocenters. The smallest absolute Gasteiger partial charge is 0.253 e. The normalized spacial score (nSPS) is 15.7. The molecule has 156 valence electrons. The number of hydrogen-bond donors (Lipinski definition) is 1. The summed E-state index contributed by atoms with van der Waals surface area (Å²) >= 11 is 0. The number of aromatic amines is 1. The van der Waals surface area contributed by atoms with E-state index in [4.69, 9.17) is 0 Å². The maximum atomic E-state index is 13.0. The van der Waals surface area contributed by atoms with Gasteiger partial charge in [0.1, 0.15) is 0 Å². The van der Waals surface area contributed by atoms with Crippen LogP contribution < -0.4 is 0 Å². The molecule has 1 amide bonds. The maximum Gasteiger partial charge on any atom is 0.253 e. The molecule has 0 spiro atoms. The van der Waals surface area contributed by atoms with Crippen LogP contribution in [-0.4, -0.2) is 70.3 Å². The highest BCUT2D eigenvalue weighted by atomic mass is 32.2. The number of tetrazole rings is 1. The van der Waals surface area contributed by atoms with Gasteiger partial charge in [-0.05, 0) is 42.8 Å². The van der Waals surface area contributed by atoms with E-state index in [0.717, 1.165) is 11.1 Å². The molecule has 1 N–H and O–H groups in total. The van der Waals surface area contributed by atoms with Crippen LogP contribution in [0.15, 0.2) is 53.4 Å². The van der Waals surface area contributed by atoms with Gasteiger partial charge in [0.15, 0.2) is 0 Å². The van der Waals surface area contributed by atoms with E-state index >= 15 is 0 Å². The second kappa shape index (κ2) is 8.33.